The van der Waals surface area contributed by atoms with Crippen LogP contribution in [0.5, 0.6) is 5.75 Å². The molecule has 29 heavy (non-hydrogen) atoms. The fraction of sp³-hybridized carbons (Fsp3) is 0.348. The summed E-state index contributed by atoms with van der Waals surface area (Å²) in [7, 11) is 0. The Balaban J connectivity index is 1.22. The number of benzene rings is 2. The normalized spacial score (nSPS) is 15.0. The van der Waals surface area contributed by atoms with Crippen LogP contribution in [0.15, 0.2) is 68.7 Å². The minimum atomic E-state index is -0.339. The molecule has 0 bridgehead atoms. The van der Waals surface area contributed by atoms with E-state index in [0.29, 0.717) is 12.2 Å². The van der Waals surface area contributed by atoms with Gasteiger partial charge >= 0.3 is 5.63 Å². The molecule has 1 aliphatic rings. The lowest BCUT2D eigenvalue weighted by Gasteiger charge is -2.36. The van der Waals surface area contributed by atoms with E-state index < -0.39 is 0 Å². The minimum absolute atomic E-state index is 0.339. The van der Waals surface area contributed by atoms with E-state index in [0.717, 1.165) is 50.3 Å². The lowest BCUT2D eigenvalue weighted by molar-refractivity contribution is 0.224. The van der Waals surface area contributed by atoms with Crippen LogP contribution in [-0.2, 0) is 0 Å². The van der Waals surface area contributed by atoms with Gasteiger partial charge in [-0.15, -0.1) is 11.8 Å². The molecule has 0 amide bonds. The number of thioether (sulfide) groups is 1. The summed E-state index contributed by atoms with van der Waals surface area (Å²) in [6, 6.07) is 17.5. The molecule has 3 aromatic rings. The molecule has 0 atom stereocenters. The van der Waals surface area contributed by atoms with Crippen molar-refractivity contribution < 1.29 is 9.15 Å². The van der Waals surface area contributed by atoms with Crippen LogP contribution in [0, 0.1) is 0 Å². The first-order valence-corrected chi connectivity index (χ1v) is 11.2. The highest BCUT2D eigenvalue weighted by atomic mass is 32.2. The zero-order valence-corrected chi connectivity index (χ0v) is 17.5. The smallest absolute Gasteiger partial charge is 0.336 e. The second kappa shape index (κ2) is 9.37. The Morgan fingerprint density at radius 2 is 1.83 bits per heavy atom. The van der Waals surface area contributed by atoms with Crippen LogP contribution in [0.25, 0.3) is 11.0 Å². The summed E-state index contributed by atoms with van der Waals surface area (Å²) in [4.78, 5) is 17.7. The largest absolute Gasteiger partial charge is 0.493 e. The van der Waals surface area contributed by atoms with E-state index in [2.05, 4.69) is 40.3 Å². The summed E-state index contributed by atoms with van der Waals surface area (Å²) >= 11 is 1.81. The fourth-order valence-corrected chi connectivity index (χ4v) is 4.33. The summed E-state index contributed by atoms with van der Waals surface area (Å²) in [5.74, 6) is 0.741. The molecule has 4 rings (SSSR count). The molecule has 1 aliphatic heterocycles. The molecule has 5 nitrogen and oxygen atoms in total. The maximum atomic E-state index is 11.4. The summed E-state index contributed by atoms with van der Waals surface area (Å²) in [6.45, 7) is 5.94. The highest BCUT2D eigenvalue weighted by Gasteiger charge is 2.18. The average Bonchev–Trinajstić information content (AvgIpc) is 2.77. The van der Waals surface area contributed by atoms with E-state index in [4.69, 9.17) is 9.15 Å². The summed E-state index contributed by atoms with van der Waals surface area (Å²) in [5.41, 5.74) is 1.58. The summed E-state index contributed by atoms with van der Waals surface area (Å²) < 4.78 is 11.1. The van der Waals surface area contributed by atoms with Crippen LogP contribution in [0.1, 0.15) is 6.42 Å². The first-order valence-electron chi connectivity index (χ1n) is 10.00. The van der Waals surface area contributed by atoms with Crippen molar-refractivity contribution >= 4 is 28.4 Å². The topological polar surface area (TPSA) is 45.9 Å². The van der Waals surface area contributed by atoms with Gasteiger partial charge in [0.2, 0.25) is 0 Å². The molecule has 1 aromatic heterocycles. The molecule has 6 heteroatoms. The molecular formula is C23H26N2O3S. The van der Waals surface area contributed by atoms with E-state index in [1.807, 2.05) is 23.9 Å². The number of ether oxygens (including phenoxy) is 1. The second-order valence-corrected chi connectivity index (χ2v) is 8.00. The van der Waals surface area contributed by atoms with Gasteiger partial charge in [0.25, 0.3) is 0 Å². The number of anilines is 1. The Bertz CT molecular complexity index is 1010. The van der Waals surface area contributed by atoms with Gasteiger partial charge in [0.15, 0.2) is 0 Å². The van der Waals surface area contributed by atoms with E-state index in [1.165, 1.54) is 16.6 Å². The predicted octanol–water partition coefficient (Wildman–Crippen LogP) is 4.11. The predicted molar refractivity (Wildman–Crippen MR) is 119 cm³/mol. The third-order valence-corrected chi connectivity index (χ3v) is 6.07. The maximum Gasteiger partial charge on any atom is 0.336 e. The standard InChI is InChI=1S/C23H26N2O3S/c1-29-22-6-3-2-5-20(22)25-14-12-24(13-15-25)11-4-16-27-19-9-7-18-8-10-23(26)28-21(18)17-19/h2-3,5-10,17H,4,11-16H2,1H3. The number of hydrogen-bond acceptors (Lipinski definition) is 6. The molecule has 152 valence electrons. The Morgan fingerprint density at radius 1 is 1.03 bits per heavy atom. The molecule has 1 saturated heterocycles. The van der Waals surface area contributed by atoms with Gasteiger partial charge in [-0.3, -0.25) is 4.90 Å². The van der Waals surface area contributed by atoms with E-state index in [1.54, 1.807) is 12.1 Å². The monoisotopic (exact) mass is 410 g/mol. The molecule has 2 heterocycles. The summed E-state index contributed by atoms with van der Waals surface area (Å²) in [6.07, 6.45) is 3.11. The number of nitrogens with zero attached hydrogens (tertiary/aromatic N) is 2. The van der Waals surface area contributed by atoms with Crippen molar-refractivity contribution in [3.05, 3.63) is 65.0 Å². The molecule has 0 N–H and O–H groups in total. The Hall–Kier alpha value is -2.44. The van der Waals surface area contributed by atoms with Crippen molar-refractivity contribution in [3.63, 3.8) is 0 Å². The zero-order valence-electron chi connectivity index (χ0n) is 16.7. The van der Waals surface area contributed by atoms with Crippen LogP contribution in [0.4, 0.5) is 5.69 Å². The van der Waals surface area contributed by atoms with Crippen molar-refractivity contribution in [2.24, 2.45) is 0 Å². The van der Waals surface area contributed by atoms with Gasteiger partial charge in [0.1, 0.15) is 11.3 Å². The third-order valence-electron chi connectivity index (χ3n) is 5.28. The number of para-hydroxylation sites is 1. The molecule has 0 aliphatic carbocycles. The number of hydrogen-bond donors (Lipinski definition) is 0. The quantitative estimate of drug-likeness (QED) is 0.332. The van der Waals surface area contributed by atoms with Gasteiger partial charge in [-0.2, -0.15) is 0 Å². The van der Waals surface area contributed by atoms with Gasteiger partial charge < -0.3 is 14.1 Å². The lowest BCUT2D eigenvalue weighted by atomic mass is 10.2. The zero-order chi connectivity index (χ0) is 20.1. The first-order chi connectivity index (χ1) is 14.2. The van der Waals surface area contributed by atoms with Crippen LogP contribution in [0.3, 0.4) is 0 Å². The van der Waals surface area contributed by atoms with Crippen LogP contribution < -0.4 is 15.3 Å². The highest BCUT2D eigenvalue weighted by Crippen LogP contribution is 2.29. The maximum absolute atomic E-state index is 11.4. The number of piperazine rings is 1. The third kappa shape index (κ3) is 4.95. The van der Waals surface area contributed by atoms with Crippen LogP contribution in [-0.4, -0.2) is 50.5 Å². The van der Waals surface area contributed by atoms with Gasteiger partial charge in [-0.05, 0) is 43.0 Å². The Morgan fingerprint density at radius 3 is 2.66 bits per heavy atom. The first kappa shape index (κ1) is 19.9. The second-order valence-electron chi connectivity index (χ2n) is 7.16. The van der Waals surface area contributed by atoms with Crippen molar-refractivity contribution in [2.45, 2.75) is 11.3 Å². The van der Waals surface area contributed by atoms with Crippen molar-refractivity contribution in [2.75, 3.05) is 50.5 Å². The lowest BCUT2D eigenvalue weighted by Crippen LogP contribution is -2.47. The summed E-state index contributed by atoms with van der Waals surface area (Å²) in [5, 5.41) is 0.901. The number of fused-ring (bicyclic) bond motifs is 1. The SMILES string of the molecule is CSc1ccccc1N1CCN(CCCOc2ccc3ccc(=O)oc3c2)CC1. The van der Waals surface area contributed by atoms with E-state index in [-0.39, 0.29) is 5.63 Å². The van der Waals surface area contributed by atoms with Crippen LogP contribution >= 0.6 is 11.8 Å². The fourth-order valence-electron chi connectivity index (χ4n) is 3.71. The Labute approximate surface area is 175 Å². The van der Waals surface area contributed by atoms with Gasteiger partial charge in [-0.1, -0.05) is 12.1 Å². The van der Waals surface area contributed by atoms with Gasteiger partial charge in [0, 0.05) is 55.1 Å². The van der Waals surface area contributed by atoms with E-state index in [9.17, 15) is 4.79 Å². The van der Waals surface area contributed by atoms with Gasteiger partial charge in [0.05, 0.1) is 12.3 Å². The molecule has 0 unspecified atom stereocenters. The molecular weight excluding hydrogens is 384 g/mol. The molecule has 0 radical (unpaired) electrons. The van der Waals surface area contributed by atoms with Crippen molar-refractivity contribution in [1.82, 2.24) is 4.90 Å². The van der Waals surface area contributed by atoms with E-state index >= 15 is 0 Å². The molecule has 0 spiro atoms. The highest BCUT2D eigenvalue weighted by molar-refractivity contribution is 7.98. The van der Waals surface area contributed by atoms with Crippen LogP contribution in [0.2, 0.25) is 0 Å². The average molecular weight is 411 g/mol. The molecule has 0 saturated carbocycles. The van der Waals surface area contributed by atoms with Crippen molar-refractivity contribution in [1.29, 1.82) is 0 Å². The Kier molecular flexibility index (Phi) is 6.42. The minimum Gasteiger partial charge on any atom is -0.493 e. The van der Waals surface area contributed by atoms with Crippen molar-refractivity contribution in [3.8, 4) is 5.75 Å². The number of rotatable bonds is 7. The van der Waals surface area contributed by atoms with Gasteiger partial charge in [-0.25, -0.2) is 4.79 Å². The molecule has 2 aromatic carbocycles. The molecule has 1 fully saturated rings.